The van der Waals surface area contributed by atoms with Crippen molar-refractivity contribution in [3.8, 4) is 0 Å². The van der Waals surface area contributed by atoms with Gasteiger partial charge in [-0.3, -0.25) is 4.79 Å². The molecule has 1 aliphatic heterocycles. The first kappa shape index (κ1) is 20.9. The number of rotatable bonds is 3. The standard InChI is InChI=1S/C14H19NO.C5H12N2O2S/c1-11-7-9-12(10-8-11)14(16)15-13-5-3-2-4-6-13;1-10(8,9)7-4-2-6-3-5-7/h7-10,13H,2-6H2,1H3,(H,15,16);6H,2-5H2,1H3. The third-order valence-electron chi connectivity index (χ3n) is 4.80. The van der Waals surface area contributed by atoms with Crippen molar-refractivity contribution in [2.45, 2.75) is 45.1 Å². The zero-order valence-electron chi connectivity index (χ0n) is 15.8. The summed E-state index contributed by atoms with van der Waals surface area (Å²) in [6.07, 6.45) is 7.34. The molecule has 1 aromatic carbocycles. The topological polar surface area (TPSA) is 78.5 Å². The van der Waals surface area contributed by atoms with Crippen LogP contribution in [0.1, 0.15) is 48.0 Å². The van der Waals surface area contributed by atoms with Crippen LogP contribution in [0, 0.1) is 6.92 Å². The van der Waals surface area contributed by atoms with Gasteiger partial charge in [-0.25, -0.2) is 8.42 Å². The molecule has 7 heteroatoms. The van der Waals surface area contributed by atoms with Crippen molar-refractivity contribution >= 4 is 15.9 Å². The number of nitrogens with zero attached hydrogens (tertiary/aromatic N) is 1. The molecule has 26 heavy (non-hydrogen) atoms. The molecule has 1 heterocycles. The predicted molar refractivity (Wildman–Crippen MR) is 105 cm³/mol. The lowest BCUT2D eigenvalue weighted by molar-refractivity contribution is 0.0927. The fourth-order valence-electron chi connectivity index (χ4n) is 3.20. The molecule has 1 saturated carbocycles. The minimum Gasteiger partial charge on any atom is -0.349 e. The van der Waals surface area contributed by atoms with Crippen molar-refractivity contribution in [3.63, 3.8) is 0 Å². The third-order valence-corrected chi connectivity index (χ3v) is 6.10. The number of hydrogen-bond donors (Lipinski definition) is 2. The second kappa shape index (κ2) is 10.0. The molecule has 0 bridgehead atoms. The van der Waals surface area contributed by atoms with E-state index in [2.05, 4.69) is 10.6 Å². The number of nitrogens with one attached hydrogen (secondary N) is 2. The van der Waals surface area contributed by atoms with Crippen molar-refractivity contribution in [1.29, 1.82) is 0 Å². The Labute approximate surface area is 157 Å². The molecule has 2 aliphatic rings. The SMILES string of the molecule is CS(=O)(=O)N1CCNCC1.Cc1ccc(C(=O)NC2CCCCC2)cc1. The molecule has 1 saturated heterocycles. The molecule has 2 fully saturated rings. The van der Waals surface area contributed by atoms with E-state index >= 15 is 0 Å². The number of amides is 1. The molecular formula is C19H31N3O3S. The van der Waals surface area contributed by atoms with Gasteiger partial charge in [0.25, 0.3) is 5.91 Å². The maximum atomic E-state index is 11.9. The monoisotopic (exact) mass is 381 g/mol. The van der Waals surface area contributed by atoms with Crippen molar-refractivity contribution in [3.05, 3.63) is 35.4 Å². The van der Waals surface area contributed by atoms with Crippen LogP contribution in [-0.2, 0) is 10.0 Å². The van der Waals surface area contributed by atoms with Gasteiger partial charge in [-0.05, 0) is 31.9 Å². The Morgan fingerprint density at radius 3 is 2.15 bits per heavy atom. The fraction of sp³-hybridized carbons (Fsp3) is 0.632. The van der Waals surface area contributed by atoms with E-state index in [0.717, 1.165) is 31.5 Å². The molecule has 0 spiro atoms. The smallest absolute Gasteiger partial charge is 0.251 e. The van der Waals surface area contributed by atoms with Crippen LogP contribution in [-0.4, -0.2) is 57.1 Å². The lowest BCUT2D eigenvalue weighted by atomic mass is 9.95. The number of carbonyl (C=O) groups is 1. The van der Waals surface area contributed by atoms with Crippen LogP contribution < -0.4 is 10.6 Å². The maximum Gasteiger partial charge on any atom is 0.251 e. The molecule has 0 atom stereocenters. The Kier molecular flexibility index (Phi) is 8.06. The summed E-state index contributed by atoms with van der Waals surface area (Å²) < 4.78 is 23.3. The van der Waals surface area contributed by atoms with Gasteiger partial charge in [0.2, 0.25) is 10.0 Å². The molecule has 6 nitrogen and oxygen atoms in total. The van der Waals surface area contributed by atoms with E-state index < -0.39 is 10.0 Å². The minimum absolute atomic E-state index is 0.0758. The number of benzene rings is 1. The van der Waals surface area contributed by atoms with Gasteiger partial charge < -0.3 is 10.6 Å². The quantitative estimate of drug-likeness (QED) is 0.838. The van der Waals surface area contributed by atoms with Gasteiger partial charge in [-0.2, -0.15) is 4.31 Å². The van der Waals surface area contributed by atoms with Crippen LogP contribution in [0.25, 0.3) is 0 Å². The highest BCUT2D eigenvalue weighted by molar-refractivity contribution is 7.88. The maximum absolute atomic E-state index is 11.9. The van der Waals surface area contributed by atoms with Crippen molar-refractivity contribution < 1.29 is 13.2 Å². The van der Waals surface area contributed by atoms with E-state index in [1.807, 2.05) is 31.2 Å². The second-order valence-electron chi connectivity index (χ2n) is 7.09. The third kappa shape index (κ3) is 7.05. The Balaban J connectivity index is 0.000000209. The zero-order chi connectivity index (χ0) is 19.0. The summed E-state index contributed by atoms with van der Waals surface area (Å²) in [6, 6.07) is 8.15. The van der Waals surface area contributed by atoms with Gasteiger partial charge in [0.1, 0.15) is 0 Å². The molecule has 1 aliphatic carbocycles. The summed E-state index contributed by atoms with van der Waals surface area (Å²) in [5.41, 5.74) is 1.96. The highest BCUT2D eigenvalue weighted by atomic mass is 32.2. The molecule has 146 valence electrons. The number of sulfonamides is 1. The summed E-state index contributed by atoms with van der Waals surface area (Å²) in [5.74, 6) is 0.0758. The van der Waals surface area contributed by atoms with Gasteiger partial charge in [0, 0.05) is 37.8 Å². The van der Waals surface area contributed by atoms with Crippen molar-refractivity contribution in [2.75, 3.05) is 32.4 Å². The average Bonchev–Trinajstić information content (AvgIpc) is 2.64. The first-order valence-corrected chi connectivity index (χ1v) is 11.2. The Bertz CT molecular complexity index is 662. The first-order chi connectivity index (χ1) is 12.4. The van der Waals surface area contributed by atoms with E-state index in [1.54, 1.807) is 0 Å². The summed E-state index contributed by atoms with van der Waals surface area (Å²) in [7, 11) is -2.93. The van der Waals surface area contributed by atoms with E-state index in [-0.39, 0.29) is 5.91 Å². The first-order valence-electron chi connectivity index (χ1n) is 9.39. The summed E-state index contributed by atoms with van der Waals surface area (Å²) in [4.78, 5) is 11.9. The van der Waals surface area contributed by atoms with Gasteiger partial charge in [0.15, 0.2) is 0 Å². The zero-order valence-corrected chi connectivity index (χ0v) is 16.6. The molecular weight excluding hydrogens is 350 g/mol. The summed E-state index contributed by atoms with van der Waals surface area (Å²) in [6.45, 7) is 4.79. The lowest BCUT2D eigenvalue weighted by Gasteiger charge is -2.24. The van der Waals surface area contributed by atoms with E-state index in [4.69, 9.17) is 0 Å². The Morgan fingerprint density at radius 2 is 1.65 bits per heavy atom. The van der Waals surface area contributed by atoms with Crippen LogP contribution in [0.2, 0.25) is 0 Å². The Morgan fingerprint density at radius 1 is 1.08 bits per heavy atom. The second-order valence-corrected chi connectivity index (χ2v) is 9.07. The number of piperazine rings is 1. The van der Waals surface area contributed by atoms with Crippen LogP contribution in [0.4, 0.5) is 0 Å². The largest absolute Gasteiger partial charge is 0.349 e. The number of aryl methyl sites for hydroxylation is 1. The van der Waals surface area contributed by atoms with Gasteiger partial charge in [-0.1, -0.05) is 37.0 Å². The van der Waals surface area contributed by atoms with E-state index in [1.165, 1.54) is 35.4 Å². The van der Waals surface area contributed by atoms with Crippen LogP contribution in [0.15, 0.2) is 24.3 Å². The fourth-order valence-corrected chi connectivity index (χ4v) is 4.04. The summed E-state index contributed by atoms with van der Waals surface area (Å²) in [5, 5.41) is 6.20. The van der Waals surface area contributed by atoms with E-state index in [0.29, 0.717) is 19.1 Å². The minimum atomic E-state index is -2.93. The normalized spacial score (nSPS) is 19.3. The highest BCUT2D eigenvalue weighted by Crippen LogP contribution is 2.17. The predicted octanol–water partition coefficient (Wildman–Crippen LogP) is 1.91. The van der Waals surface area contributed by atoms with Gasteiger partial charge in [0.05, 0.1) is 6.26 Å². The number of carbonyl (C=O) groups excluding carboxylic acids is 1. The molecule has 0 unspecified atom stereocenters. The van der Waals surface area contributed by atoms with E-state index in [9.17, 15) is 13.2 Å². The molecule has 3 rings (SSSR count). The van der Waals surface area contributed by atoms with Crippen LogP contribution in [0.3, 0.4) is 0 Å². The Hall–Kier alpha value is -1.44. The molecule has 2 N–H and O–H groups in total. The number of hydrogen-bond acceptors (Lipinski definition) is 4. The molecule has 0 radical (unpaired) electrons. The molecule has 0 aromatic heterocycles. The van der Waals surface area contributed by atoms with Crippen LogP contribution >= 0.6 is 0 Å². The molecule has 1 aromatic rings. The average molecular weight is 382 g/mol. The van der Waals surface area contributed by atoms with Crippen LogP contribution in [0.5, 0.6) is 0 Å². The van der Waals surface area contributed by atoms with Crippen molar-refractivity contribution in [2.24, 2.45) is 0 Å². The highest BCUT2D eigenvalue weighted by Gasteiger charge is 2.18. The molecule has 1 amide bonds. The van der Waals surface area contributed by atoms with Crippen molar-refractivity contribution in [1.82, 2.24) is 14.9 Å². The lowest BCUT2D eigenvalue weighted by Crippen LogP contribution is -2.45. The van der Waals surface area contributed by atoms with Gasteiger partial charge in [-0.15, -0.1) is 0 Å². The summed E-state index contributed by atoms with van der Waals surface area (Å²) >= 11 is 0. The van der Waals surface area contributed by atoms with Gasteiger partial charge >= 0.3 is 0 Å².